The van der Waals surface area contributed by atoms with Crippen LogP contribution < -0.4 is 9.47 Å². The molecule has 1 amide bonds. The van der Waals surface area contributed by atoms with Crippen LogP contribution in [0.2, 0.25) is 0 Å². The number of nitrogens with zero attached hydrogens (tertiary/aromatic N) is 4. The first kappa shape index (κ1) is 25.7. The highest BCUT2D eigenvalue weighted by Gasteiger charge is 2.46. The Kier molecular flexibility index (Phi) is 7.68. The lowest BCUT2D eigenvalue weighted by atomic mass is 9.95. The summed E-state index contributed by atoms with van der Waals surface area (Å²) in [5, 5.41) is 11.2. The summed E-state index contributed by atoms with van der Waals surface area (Å²) < 4.78 is 13.5. The van der Waals surface area contributed by atoms with Crippen LogP contribution in [0, 0.1) is 0 Å². The van der Waals surface area contributed by atoms with Crippen LogP contribution in [-0.4, -0.2) is 49.9 Å². The van der Waals surface area contributed by atoms with E-state index in [-0.39, 0.29) is 11.3 Å². The molecule has 2 aromatic heterocycles. The van der Waals surface area contributed by atoms with Gasteiger partial charge in [-0.05, 0) is 41.8 Å². The number of amides is 1. The fraction of sp³-hybridized carbons (Fsp3) is 0.200. The predicted octanol–water partition coefficient (Wildman–Crippen LogP) is 4.38. The number of likely N-dealkylation sites (tertiary alicyclic amines) is 1. The third kappa shape index (κ3) is 5.52. The molecule has 1 unspecified atom stereocenters. The van der Waals surface area contributed by atoms with E-state index in [1.165, 1.54) is 24.4 Å². The van der Waals surface area contributed by atoms with Crippen LogP contribution in [0.4, 0.5) is 0 Å². The Labute approximate surface area is 226 Å². The number of aromatic nitrogens is 3. The molecule has 2 aromatic carbocycles. The van der Waals surface area contributed by atoms with Crippen LogP contribution in [0.15, 0.2) is 97.4 Å². The fourth-order valence-corrected chi connectivity index (χ4v) is 4.67. The molecule has 1 aliphatic rings. The molecule has 1 saturated heterocycles. The highest BCUT2D eigenvalue weighted by atomic mass is 16.5. The van der Waals surface area contributed by atoms with Gasteiger partial charge in [0.25, 0.3) is 11.7 Å². The first-order chi connectivity index (χ1) is 19.1. The summed E-state index contributed by atoms with van der Waals surface area (Å²) in [6.07, 6.45) is 8.86. The number of aryl methyl sites for hydroxylation is 1. The number of Topliss-reactive ketones (excluding diaryl/α,β-unsaturated/α-hetero) is 1. The molecular weight excluding hydrogens is 496 g/mol. The topological polar surface area (TPSA) is 107 Å². The minimum absolute atomic E-state index is 0.0221. The fourth-order valence-electron chi connectivity index (χ4n) is 4.67. The number of aliphatic hydroxyl groups excluding tert-OH is 1. The van der Waals surface area contributed by atoms with E-state index in [1.54, 1.807) is 42.9 Å². The van der Waals surface area contributed by atoms with Crippen LogP contribution in [0.1, 0.15) is 29.2 Å². The molecule has 198 valence electrons. The van der Waals surface area contributed by atoms with Crippen molar-refractivity contribution in [2.45, 2.75) is 25.6 Å². The van der Waals surface area contributed by atoms with Crippen molar-refractivity contribution in [1.82, 2.24) is 19.4 Å². The van der Waals surface area contributed by atoms with E-state index in [4.69, 9.17) is 9.47 Å². The Morgan fingerprint density at radius 2 is 1.74 bits per heavy atom. The Morgan fingerprint density at radius 3 is 2.46 bits per heavy atom. The molecule has 0 radical (unpaired) electrons. The predicted molar refractivity (Wildman–Crippen MR) is 144 cm³/mol. The van der Waals surface area contributed by atoms with E-state index in [9.17, 15) is 14.7 Å². The molecule has 0 bridgehead atoms. The molecule has 5 rings (SSSR count). The van der Waals surface area contributed by atoms with Crippen molar-refractivity contribution in [1.29, 1.82) is 0 Å². The second-order valence-corrected chi connectivity index (χ2v) is 9.07. The lowest BCUT2D eigenvalue weighted by molar-refractivity contribution is -0.139. The molecule has 1 aliphatic heterocycles. The van der Waals surface area contributed by atoms with Crippen molar-refractivity contribution in [3.8, 4) is 11.5 Å². The van der Waals surface area contributed by atoms with Crippen LogP contribution in [-0.2, 0) is 22.7 Å². The van der Waals surface area contributed by atoms with Gasteiger partial charge in [0.2, 0.25) is 0 Å². The number of rotatable bonds is 10. The normalized spacial score (nSPS) is 16.4. The zero-order valence-corrected chi connectivity index (χ0v) is 21.4. The standard InChI is InChI=1S/C30H28N4O5/c1-38-25-18-23(8-9-24(25)39-19-21-6-3-2-4-7-21)27-26(28(35)22-10-12-31-13-11-22)29(36)30(37)34(27)16-5-15-33-17-14-32-20-33/h2-4,6-14,17-18,20,27,35H,5,15-16,19H2,1H3. The molecular formula is C30H28N4O5. The lowest BCUT2D eigenvalue weighted by Gasteiger charge is -2.26. The van der Waals surface area contributed by atoms with Gasteiger partial charge in [0.1, 0.15) is 12.4 Å². The number of hydrogen-bond acceptors (Lipinski definition) is 7. The van der Waals surface area contributed by atoms with Crippen molar-refractivity contribution >= 4 is 17.4 Å². The maximum absolute atomic E-state index is 13.3. The number of aliphatic hydroxyl groups is 1. The Morgan fingerprint density at radius 1 is 0.949 bits per heavy atom. The summed E-state index contributed by atoms with van der Waals surface area (Å²) in [5.74, 6) is -0.668. The summed E-state index contributed by atoms with van der Waals surface area (Å²) in [6, 6.07) is 17.5. The largest absolute Gasteiger partial charge is 0.507 e. The van der Waals surface area contributed by atoms with Gasteiger partial charge in [0, 0.05) is 43.4 Å². The van der Waals surface area contributed by atoms with Crippen LogP contribution in [0.25, 0.3) is 5.76 Å². The van der Waals surface area contributed by atoms with E-state index < -0.39 is 17.7 Å². The van der Waals surface area contributed by atoms with Gasteiger partial charge in [-0.3, -0.25) is 14.6 Å². The molecule has 1 N–H and O–H groups in total. The number of carbonyl (C=O) groups excluding carboxylic acids is 2. The van der Waals surface area contributed by atoms with Crippen molar-refractivity contribution in [2.24, 2.45) is 0 Å². The molecule has 0 spiro atoms. The van der Waals surface area contributed by atoms with E-state index in [0.29, 0.717) is 48.7 Å². The number of ketones is 1. The lowest BCUT2D eigenvalue weighted by Crippen LogP contribution is -2.31. The maximum atomic E-state index is 13.3. The monoisotopic (exact) mass is 524 g/mol. The number of hydrogen-bond donors (Lipinski definition) is 1. The zero-order chi connectivity index (χ0) is 27.2. The molecule has 3 heterocycles. The summed E-state index contributed by atoms with van der Waals surface area (Å²) in [7, 11) is 1.54. The summed E-state index contributed by atoms with van der Waals surface area (Å²) in [5.41, 5.74) is 2.05. The Balaban J connectivity index is 1.49. The van der Waals surface area contributed by atoms with Crippen molar-refractivity contribution in [3.63, 3.8) is 0 Å². The first-order valence-electron chi connectivity index (χ1n) is 12.6. The quantitative estimate of drug-likeness (QED) is 0.186. The second kappa shape index (κ2) is 11.6. The number of ether oxygens (including phenoxy) is 2. The molecule has 39 heavy (non-hydrogen) atoms. The summed E-state index contributed by atoms with van der Waals surface area (Å²) in [4.78, 5) is 36.1. The summed E-state index contributed by atoms with van der Waals surface area (Å²) >= 11 is 0. The minimum Gasteiger partial charge on any atom is -0.507 e. The van der Waals surface area contributed by atoms with Crippen molar-refractivity contribution in [2.75, 3.05) is 13.7 Å². The van der Waals surface area contributed by atoms with Crippen molar-refractivity contribution in [3.05, 3.63) is 114 Å². The maximum Gasteiger partial charge on any atom is 0.295 e. The first-order valence-corrected chi connectivity index (χ1v) is 12.6. The van der Waals surface area contributed by atoms with Crippen LogP contribution >= 0.6 is 0 Å². The second-order valence-electron chi connectivity index (χ2n) is 9.07. The Hall–Kier alpha value is -4.92. The van der Waals surface area contributed by atoms with Crippen LogP contribution in [0.3, 0.4) is 0 Å². The third-order valence-corrected chi connectivity index (χ3v) is 6.61. The van der Waals surface area contributed by atoms with Gasteiger partial charge in [-0.15, -0.1) is 0 Å². The molecule has 9 heteroatoms. The van der Waals surface area contributed by atoms with E-state index in [0.717, 1.165) is 5.56 Å². The SMILES string of the molecule is COc1cc(C2C(=C(O)c3ccncc3)C(=O)C(=O)N2CCCn2ccnc2)ccc1OCc1ccccc1. The minimum atomic E-state index is -0.807. The number of imidazole rings is 1. The van der Waals surface area contributed by atoms with Crippen LogP contribution in [0.5, 0.6) is 11.5 Å². The average molecular weight is 525 g/mol. The molecule has 9 nitrogen and oxygen atoms in total. The number of methoxy groups -OCH3 is 1. The van der Waals surface area contributed by atoms with Gasteiger partial charge in [-0.25, -0.2) is 4.98 Å². The van der Waals surface area contributed by atoms with Gasteiger partial charge in [0.15, 0.2) is 11.5 Å². The summed E-state index contributed by atoms with van der Waals surface area (Å²) in [6.45, 7) is 1.27. The molecule has 1 atom stereocenters. The van der Waals surface area contributed by atoms with E-state index in [2.05, 4.69) is 9.97 Å². The highest BCUT2D eigenvalue weighted by Crippen LogP contribution is 2.42. The molecule has 1 fully saturated rings. The Bertz CT molecular complexity index is 1470. The van der Waals surface area contributed by atoms with E-state index >= 15 is 0 Å². The van der Waals surface area contributed by atoms with Gasteiger partial charge in [0.05, 0.1) is 25.1 Å². The van der Waals surface area contributed by atoms with Gasteiger partial charge in [-0.2, -0.15) is 0 Å². The molecule has 0 aliphatic carbocycles. The number of benzene rings is 2. The van der Waals surface area contributed by atoms with Crippen molar-refractivity contribution < 1.29 is 24.2 Å². The number of pyridine rings is 1. The smallest absolute Gasteiger partial charge is 0.295 e. The number of carbonyl (C=O) groups is 2. The van der Waals surface area contributed by atoms with Gasteiger partial charge < -0.3 is 24.0 Å². The van der Waals surface area contributed by atoms with E-state index in [1.807, 2.05) is 41.1 Å². The zero-order valence-electron chi connectivity index (χ0n) is 21.4. The van der Waals surface area contributed by atoms with Gasteiger partial charge >= 0.3 is 0 Å². The molecule has 0 saturated carbocycles. The highest BCUT2D eigenvalue weighted by molar-refractivity contribution is 6.46. The average Bonchev–Trinajstić information content (AvgIpc) is 3.59. The third-order valence-electron chi connectivity index (χ3n) is 6.61. The van der Waals surface area contributed by atoms with Gasteiger partial charge in [-0.1, -0.05) is 36.4 Å². The molecule has 4 aromatic rings.